The summed E-state index contributed by atoms with van der Waals surface area (Å²) < 4.78 is 1.51. The van der Waals surface area contributed by atoms with Crippen LogP contribution in [0.1, 0.15) is 28.0 Å². The molecule has 1 fully saturated rings. The van der Waals surface area contributed by atoms with Gasteiger partial charge >= 0.3 is 0 Å². The average Bonchev–Trinajstić information content (AvgIpc) is 3.39. The quantitative estimate of drug-likeness (QED) is 0.581. The third kappa shape index (κ3) is 5.98. The van der Waals surface area contributed by atoms with Gasteiger partial charge in [-0.3, -0.25) is 23.9 Å². The Hall–Kier alpha value is -3.66. The molecule has 0 spiro atoms. The number of aryl methyl sites for hydroxylation is 2. The number of nitrogens with zero attached hydrogens (tertiary/aromatic N) is 4. The molecule has 0 radical (unpaired) electrons. The number of aromatic nitrogens is 2. The summed E-state index contributed by atoms with van der Waals surface area (Å²) in [6, 6.07) is 8.49. The fourth-order valence-corrected chi connectivity index (χ4v) is 3.59. The first kappa shape index (κ1) is 24.0. The van der Waals surface area contributed by atoms with Gasteiger partial charge < -0.3 is 10.6 Å². The predicted octanol–water partition coefficient (Wildman–Crippen LogP) is 0.917. The first-order valence-electron chi connectivity index (χ1n) is 10.4. The highest BCUT2D eigenvalue weighted by Gasteiger charge is 2.29. The number of hydrogen-bond donors (Lipinski definition) is 2. The van der Waals surface area contributed by atoms with Crippen molar-refractivity contribution < 1.29 is 19.2 Å². The van der Waals surface area contributed by atoms with E-state index in [4.69, 9.17) is 11.6 Å². The second-order valence-corrected chi connectivity index (χ2v) is 7.76. The minimum atomic E-state index is -0.508. The van der Waals surface area contributed by atoms with E-state index >= 15 is 0 Å². The van der Waals surface area contributed by atoms with E-state index in [1.165, 1.54) is 20.8 Å². The van der Waals surface area contributed by atoms with Crippen LogP contribution >= 0.6 is 11.6 Å². The van der Waals surface area contributed by atoms with Gasteiger partial charge in [-0.1, -0.05) is 29.8 Å². The number of carbonyl (C=O) groups is 4. The Morgan fingerprint density at radius 3 is 2.42 bits per heavy atom. The van der Waals surface area contributed by atoms with Crippen LogP contribution in [-0.2, 0) is 21.4 Å². The van der Waals surface area contributed by atoms with Crippen molar-refractivity contribution in [2.24, 2.45) is 7.05 Å². The van der Waals surface area contributed by atoms with Crippen LogP contribution in [0.25, 0.3) is 6.08 Å². The summed E-state index contributed by atoms with van der Waals surface area (Å²) >= 11 is 6.18. The van der Waals surface area contributed by atoms with Crippen molar-refractivity contribution in [2.75, 3.05) is 26.2 Å². The Morgan fingerprint density at radius 1 is 1.06 bits per heavy atom. The monoisotopic (exact) mass is 472 g/mol. The van der Waals surface area contributed by atoms with Gasteiger partial charge in [0.1, 0.15) is 5.15 Å². The lowest BCUT2D eigenvalue weighted by molar-refractivity contribution is -0.154. The second-order valence-electron chi connectivity index (χ2n) is 7.40. The molecule has 1 saturated heterocycles. The minimum Gasteiger partial charge on any atom is -0.345 e. The van der Waals surface area contributed by atoms with E-state index in [0.29, 0.717) is 41.5 Å². The molecule has 1 aromatic carbocycles. The summed E-state index contributed by atoms with van der Waals surface area (Å²) in [5.41, 5.74) is 1.75. The van der Waals surface area contributed by atoms with Crippen molar-refractivity contribution in [1.29, 1.82) is 0 Å². The molecule has 4 amide bonds. The molecule has 11 heteroatoms. The van der Waals surface area contributed by atoms with E-state index in [2.05, 4.69) is 15.7 Å². The van der Waals surface area contributed by atoms with Crippen LogP contribution in [0.3, 0.4) is 0 Å². The Labute approximate surface area is 196 Å². The van der Waals surface area contributed by atoms with Gasteiger partial charge in [-0.15, -0.1) is 0 Å². The van der Waals surface area contributed by atoms with Gasteiger partial charge in [0.05, 0.1) is 18.8 Å². The lowest BCUT2D eigenvalue weighted by Crippen LogP contribution is -2.49. The van der Waals surface area contributed by atoms with Crippen molar-refractivity contribution in [1.82, 2.24) is 30.4 Å². The third-order valence-corrected chi connectivity index (χ3v) is 5.49. The van der Waals surface area contributed by atoms with Gasteiger partial charge in [0, 0.05) is 37.3 Å². The topological polar surface area (TPSA) is 117 Å². The molecular formula is C22H25ClN6O4. The highest BCUT2D eigenvalue weighted by atomic mass is 35.5. The van der Waals surface area contributed by atoms with Crippen LogP contribution in [-0.4, -0.2) is 69.6 Å². The number of rotatable bonds is 7. The van der Waals surface area contributed by atoms with Gasteiger partial charge in [-0.2, -0.15) is 5.10 Å². The Bertz CT molecular complexity index is 1080. The molecule has 1 aliphatic rings. The van der Waals surface area contributed by atoms with Gasteiger partial charge in [0.25, 0.3) is 17.7 Å². The number of nitrogens with one attached hydrogen (secondary N) is 2. The van der Waals surface area contributed by atoms with Crippen LogP contribution in [0.4, 0.5) is 0 Å². The summed E-state index contributed by atoms with van der Waals surface area (Å²) in [6.07, 6.45) is 3.55. The van der Waals surface area contributed by atoms with E-state index in [0.717, 1.165) is 0 Å². The van der Waals surface area contributed by atoms with E-state index in [9.17, 15) is 19.2 Å². The third-order valence-electron chi connectivity index (χ3n) is 5.04. The first-order chi connectivity index (χ1) is 15.8. The molecule has 1 aliphatic heterocycles. The van der Waals surface area contributed by atoms with E-state index in [-0.39, 0.29) is 24.9 Å². The van der Waals surface area contributed by atoms with Crippen molar-refractivity contribution in [2.45, 2.75) is 13.3 Å². The molecule has 0 atom stereocenters. The van der Waals surface area contributed by atoms with Gasteiger partial charge in [-0.25, -0.2) is 10.0 Å². The number of amides is 4. The van der Waals surface area contributed by atoms with Gasteiger partial charge in [-0.05, 0) is 31.6 Å². The smallest absolute Gasteiger partial charge is 0.265 e. The largest absolute Gasteiger partial charge is 0.345 e. The fraction of sp³-hybridized carbons (Fsp3) is 0.318. The molecule has 2 aromatic rings. The summed E-state index contributed by atoms with van der Waals surface area (Å²) in [4.78, 5) is 49.3. The molecule has 0 aliphatic carbocycles. The molecule has 0 saturated carbocycles. The predicted molar refractivity (Wildman–Crippen MR) is 122 cm³/mol. The van der Waals surface area contributed by atoms with Crippen molar-refractivity contribution in [3.8, 4) is 0 Å². The molecule has 0 unspecified atom stereocenters. The SMILES string of the molecule is Cc1nn(C)c(Cl)c1C=CC(=O)N1CCCN1C(=O)CNC(=O)CNC(=O)c1ccccc1. The van der Waals surface area contributed by atoms with Crippen LogP contribution in [0, 0.1) is 6.92 Å². The number of halogens is 1. The highest BCUT2D eigenvalue weighted by Crippen LogP contribution is 2.20. The van der Waals surface area contributed by atoms with Gasteiger partial charge in [0.15, 0.2) is 0 Å². The Balaban J connectivity index is 1.49. The summed E-state index contributed by atoms with van der Waals surface area (Å²) in [5, 5.41) is 12.2. The zero-order chi connectivity index (χ0) is 24.0. The maximum absolute atomic E-state index is 12.7. The zero-order valence-corrected chi connectivity index (χ0v) is 19.1. The second kappa shape index (κ2) is 10.8. The molecule has 3 rings (SSSR count). The Morgan fingerprint density at radius 2 is 1.76 bits per heavy atom. The zero-order valence-electron chi connectivity index (χ0n) is 18.4. The summed E-state index contributed by atoms with van der Waals surface area (Å²) in [5.74, 6) is -1.69. The molecule has 33 heavy (non-hydrogen) atoms. The fourth-order valence-electron chi connectivity index (χ4n) is 3.36. The van der Waals surface area contributed by atoms with Crippen molar-refractivity contribution in [3.63, 3.8) is 0 Å². The van der Waals surface area contributed by atoms with Crippen LogP contribution in [0.2, 0.25) is 5.15 Å². The molecule has 0 bridgehead atoms. The van der Waals surface area contributed by atoms with Crippen LogP contribution in [0.15, 0.2) is 36.4 Å². The average molecular weight is 473 g/mol. The van der Waals surface area contributed by atoms with Crippen molar-refractivity contribution >= 4 is 41.3 Å². The van der Waals surface area contributed by atoms with E-state index in [1.807, 2.05) is 0 Å². The van der Waals surface area contributed by atoms with Crippen LogP contribution < -0.4 is 10.6 Å². The molecule has 174 valence electrons. The molecule has 2 heterocycles. The standard InChI is InChI=1S/C22H25ClN6O4/c1-15-17(21(23)27(2)26-15)9-10-19(31)28-11-6-12-29(28)20(32)14-24-18(30)13-25-22(33)16-7-4-3-5-8-16/h3-5,7-10H,6,11-14H2,1-2H3,(H,24,30)(H,25,33). The molecule has 2 N–H and O–H groups in total. The highest BCUT2D eigenvalue weighted by molar-refractivity contribution is 6.31. The number of hydrogen-bond acceptors (Lipinski definition) is 5. The normalized spacial score (nSPS) is 13.4. The number of hydrazine groups is 1. The van der Waals surface area contributed by atoms with Gasteiger partial charge in [0.2, 0.25) is 5.91 Å². The molecule has 10 nitrogen and oxygen atoms in total. The minimum absolute atomic E-state index is 0.266. The lowest BCUT2D eigenvalue weighted by atomic mass is 10.2. The molecule has 1 aromatic heterocycles. The maximum Gasteiger partial charge on any atom is 0.265 e. The first-order valence-corrected chi connectivity index (χ1v) is 10.7. The van der Waals surface area contributed by atoms with E-state index < -0.39 is 11.8 Å². The van der Waals surface area contributed by atoms with E-state index in [1.54, 1.807) is 50.4 Å². The molecular weight excluding hydrogens is 448 g/mol. The summed E-state index contributed by atoms with van der Waals surface area (Å²) in [6.45, 7) is 1.98. The summed E-state index contributed by atoms with van der Waals surface area (Å²) in [7, 11) is 1.71. The number of benzene rings is 1. The van der Waals surface area contributed by atoms with Crippen LogP contribution in [0.5, 0.6) is 0 Å². The maximum atomic E-state index is 12.7. The van der Waals surface area contributed by atoms with Crippen molar-refractivity contribution in [3.05, 3.63) is 58.4 Å². The Kier molecular flexibility index (Phi) is 7.83. The number of carbonyl (C=O) groups excluding carboxylic acids is 4. The lowest BCUT2D eigenvalue weighted by Gasteiger charge is -2.27.